The van der Waals surface area contributed by atoms with E-state index in [1.54, 1.807) is 11.3 Å². The molecule has 1 aromatic heterocycles. The number of nitrogens with two attached hydrogens (primary N) is 1. The first kappa shape index (κ1) is 15.9. The second kappa shape index (κ2) is 6.54. The van der Waals surface area contributed by atoms with Crippen molar-refractivity contribution >= 4 is 33.1 Å². The van der Waals surface area contributed by atoms with Crippen molar-refractivity contribution in [2.45, 2.75) is 40.0 Å². The van der Waals surface area contributed by atoms with E-state index in [-0.39, 0.29) is 11.3 Å². The summed E-state index contributed by atoms with van der Waals surface area (Å²) < 4.78 is 1.11. The van der Waals surface area contributed by atoms with Crippen LogP contribution in [0.2, 0.25) is 0 Å². The number of rotatable bonds is 6. The molecule has 2 rings (SSSR count). The summed E-state index contributed by atoms with van der Waals surface area (Å²) in [5, 5.41) is 4.01. The predicted molar refractivity (Wildman–Crippen MR) is 89.7 cm³/mol. The summed E-state index contributed by atoms with van der Waals surface area (Å²) >= 11 is 1.64. The molecule has 0 bridgehead atoms. The van der Waals surface area contributed by atoms with Crippen molar-refractivity contribution in [3.63, 3.8) is 0 Å². The summed E-state index contributed by atoms with van der Waals surface area (Å²) in [5.74, 6) is 0.0562. The van der Waals surface area contributed by atoms with Gasteiger partial charge in [0.1, 0.15) is 0 Å². The molecular formula is C16H23N3OS. The lowest BCUT2D eigenvalue weighted by molar-refractivity contribution is -0.116. The van der Waals surface area contributed by atoms with Crippen LogP contribution in [0.25, 0.3) is 10.2 Å². The number of anilines is 1. The fourth-order valence-corrected chi connectivity index (χ4v) is 3.18. The van der Waals surface area contributed by atoms with Crippen molar-refractivity contribution in [3.8, 4) is 0 Å². The van der Waals surface area contributed by atoms with Crippen LogP contribution >= 0.6 is 11.3 Å². The van der Waals surface area contributed by atoms with E-state index in [1.165, 1.54) is 0 Å². The zero-order chi connectivity index (χ0) is 15.5. The molecule has 0 fully saturated rings. The van der Waals surface area contributed by atoms with Crippen LogP contribution in [-0.4, -0.2) is 17.4 Å². The largest absolute Gasteiger partial charge is 0.330 e. The van der Waals surface area contributed by atoms with E-state index in [2.05, 4.69) is 24.1 Å². The minimum absolute atomic E-state index is 0.0562. The van der Waals surface area contributed by atoms with Crippen LogP contribution < -0.4 is 11.1 Å². The molecule has 21 heavy (non-hydrogen) atoms. The van der Waals surface area contributed by atoms with Gasteiger partial charge in [-0.1, -0.05) is 13.8 Å². The van der Waals surface area contributed by atoms with E-state index >= 15 is 0 Å². The van der Waals surface area contributed by atoms with Gasteiger partial charge in [-0.15, -0.1) is 11.3 Å². The van der Waals surface area contributed by atoms with Crippen LogP contribution in [0.5, 0.6) is 0 Å². The Bertz CT molecular complexity index is 633. The van der Waals surface area contributed by atoms with Crippen LogP contribution in [0, 0.1) is 12.3 Å². The number of hydrogen-bond donors (Lipinski definition) is 2. The molecule has 114 valence electrons. The van der Waals surface area contributed by atoms with Crippen molar-refractivity contribution < 1.29 is 4.79 Å². The lowest BCUT2D eigenvalue weighted by Gasteiger charge is -2.23. The summed E-state index contributed by atoms with van der Waals surface area (Å²) in [7, 11) is 0. The minimum atomic E-state index is 0.0562. The Morgan fingerprint density at radius 3 is 2.86 bits per heavy atom. The summed E-state index contributed by atoms with van der Waals surface area (Å²) in [4.78, 5) is 16.5. The highest BCUT2D eigenvalue weighted by Gasteiger charge is 2.18. The maximum absolute atomic E-state index is 12.1. The zero-order valence-electron chi connectivity index (χ0n) is 12.9. The average molecular weight is 305 g/mol. The number of nitrogens with one attached hydrogen (secondary N) is 1. The van der Waals surface area contributed by atoms with Gasteiger partial charge in [0.2, 0.25) is 5.91 Å². The first-order valence-corrected chi connectivity index (χ1v) is 8.08. The highest BCUT2D eigenvalue weighted by molar-refractivity contribution is 7.18. The number of benzene rings is 1. The molecule has 0 saturated heterocycles. The van der Waals surface area contributed by atoms with E-state index in [9.17, 15) is 4.79 Å². The number of amides is 1. The number of nitrogens with zero attached hydrogens (tertiary/aromatic N) is 1. The van der Waals surface area contributed by atoms with Gasteiger partial charge in [-0.2, -0.15) is 0 Å². The monoisotopic (exact) mass is 305 g/mol. The Hall–Kier alpha value is -1.46. The summed E-state index contributed by atoms with van der Waals surface area (Å²) in [6.07, 6.45) is 2.30. The number of carbonyl (C=O) groups is 1. The van der Waals surface area contributed by atoms with Crippen LogP contribution in [0.4, 0.5) is 5.69 Å². The Morgan fingerprint density at radius 1 is 1.38 bits per heavy atom. The molecule has 0 atom stereocenters. The van der Waals surface area contributed by atoms with E-state index in [0.717, 1.165) is 33.8 Å². The third-order valence-electron chi connectivity index (χ3n) is 3.63. The highest BCUT2D eigenvalue weighted by atomic mass is 32.1. The summed E-state index contributed by atoms with van der Waals surface area (Å²) in [5.41, 5.74) is 7.54. The third kappa shape index (κ3) is 4.51. The normalized spacial score (nSPS) is 11.8. The third-order valence-corrected chi connectivity index (χ3v) is 4.56. The highest BCUT2D eigenvalue weighted by Crippen LogP contribution is 2.27. The molecule has 4 nitrogen and oxygen atoms in total. The van der Waals surface area contributed by atoms with Gasteiger partial charge in [0.25, 0.3) is 0 Å². The molecular weight excluding hydrogens is 282 g/mol. The molecule has 5 heteroatoms. The van der Waals surface area contributed by atoms with E-state index in [1.807, 2.05) is 25.1 Å². The summed E-state index contributed by atoms with van der Waals surface area (Å²) in [6, 6.07) is 5.85. The molecule has 0 unspecified atom stereocenters. The average Bonchev–Trinajstić information content (AvgIpc) is 2.76. The molecule has 0 spiro atoms. The quantitative estimate of drug-likeness (QED) is 0.855. The van der Waals surface area contributed by atoms with E-state index < -0.39 is 0 Å². The Morgan fingerprint density at radius 2 is 2.14 bits per heavy atom. The van der Waals surface area contributed by atoms with Crippen molar-refractivity contribution in [2.24, 2.45) is 11.1 Å². The number of carbonyl (C=O) groups excluding carboxylic acids is 1. The smallest absolute Gasteiger partial charge is 0.224 e. The van der Waals surface area contributed by atoms with Gasteiger partial charge in [0.05, 0.1) is 15.2 Å². The SMILES string of the molecule is Cc1nc2ccc(NC(=O)CCC(C)(C)CCN)cc2s1. The van der Waals surface area contributed by atoms with Gasteiger partial charge >= 0.3 is 0 Å². The van der Waals surface area contributed by atoms with Crippen molar-refractivity contribution in [2.75, 3.05) is 11.9 Å². The molecule has 0 radical (unpaired) electrons. The Kier molecular flexibility index (Phi) is 4.96. The van der Waals surface area contributed by atoms with Crippen molar-refractivity contribution in [1.29, 1.82) is 0 Å². The first-order valence-electron chi connectivity index (χ1n) is 7.27. The first-order chi connectivity index (χ1) is 9.89. The van der Waals surface area contributed by atoms with Crippen molar-refractivity contribution in [1.82, 2.24) is 4.98 Å². The van der Waals surface area contributed by atoms with Crippen LogP contribution in [0.15, 0.2) is 18.2 Å². The summed E-state index contributed by atoms with van der Waals surface area (Å²) in [6.45, 7) is 6.96. The Labute approximate surface area is 129 Å². The number of aromatic nitrogens is 1. The lowest BCUT2D eigenvalue weighted by Crippen LogP contribution is -2.20. The van der Waals surface area contributed by atoms with Gasteiger partial charge in [-0.05, 0) is 49.9 Å². The number of thiazole rings is 1. The fourth-order valence-electron chi connectivity index (χ4n) is 2.31. The standard InChI is InChI=1S/C16H23N3OS/c1-11-18-13-5-4-12(10-14(13)21-11)19-15(20)6-7-16(2,3)8-9-17/h4-5,10H,6-9,17H2,1-3H3,(H,19,20). The predicted octanol–water partition coefficient (Wildman–Crippen LogP) is 3.70. The molecule has 1 amide bonds. The Balaban J connectivity index is 1.94. The molecule has 0 aliphatic rings. The van der Waals surface area contributed by atoms with E-state index in [0.29, 0.717) is 13.0 Å². The van der Waals surface area contributed by atoms with Crippen molar-refractivity contribution in [3.05, 3.63) is 23.2 Å². The number of hydrogen-bond acceptors (Lipinski definition) is 4. The van der Waals surface area contributed by atoms with Crippen LogP contribution in [-0.2, 0) is 4.79 Å². The topological polar surface area (TPSA) is 68.0 Å². The van der Waals surface area contributed by atoms with Gasteiger partial charge in [-0.25, -0.2) is 4.98 Å². The van der Waals surface area contributed by atoms with Gasteiger partial charge in [0, 0.05) is 12.1 Å². The molecule has 1 heterocycles. The maximum atomic E-state index is 12.1. The fraction of sp³-hybridized carbons (Fsp3) is 0.500. The molecule has 2 aromatic rings. The molecule has 0 aliphatic heterocycles. The zero-order valence-corrected chi connectivity index (χ0v) is 13.7. The molecule has 0 saturated carbocycles. The number of fused-ring (bicyclic) bond motifs is 1. The maximum Gasteiger partial charge on any atom is 0.224 e. The van der Waals surface area contributed by atoms with Crippen LogP contribution in [0.1, 0.15) is 38.1 Å². The van der Waals surface area contributed by atoms with Gasteiger partial charge < -0.3 is 11.1 Å². The second-order valence-electron chi connectivity index (χ2n) is 6.17. The molecule has 3 N–H and O–H groups in total. The van der Waals surface area contributed by atoms with Gasteiger partial charge in [-0.3, -0.25) is 4.79 Å². The van der Waals surface area contributed by atoms with Crippen LogP contribution in [0.3, 0.4) is 0 Å². The van der Waals surface area contributed by atoms with Gasteiger partial charge in [0.15, 0.2) is 0 Å². The lowest BCUT2D eigenvalue weighted by atomic mass is 9.84. The second-order valence-corrected chi connectivity index (χ2v) is 7.40. The molecule has 0 aliphatic carbocycles. The van der Waals surface area contributed by atoms with E-state index in [4.69, 9.17) is 5.73 Å². The number of aryl methyl sites for hydroxylation is 1. The minimum Gasteiger partial charge on any atom is -0.330 e. The molecule has 1 aromatic carbocycles.